The molecule has 0 aliphatic heterocycles. The Labute approximate surface area is 180 Å². The molecule has 0 amide bonds. The topological polar surface area (TPSA) is 68.5 Å². The number of hydrogen-bond donors (Lipinski definition) is 1. The van der Waals surface area contributed by atoms with Gasteiger partial charge in [-0.2, -0.15) is 0 Å². The molecule has 31 heavy (non-hydrogen) atoms. The van der Waals surface area contributed by atoms with Crippen molar-refractivity contribution in [2.45, 2.75) is 39.2 Å². The third kappa shape index (κ3) is 4.31. The van der Waals surface area contributed by atoms with Crippen LogP contribution in [0, 0.1) is 0 Å². The van der Waals surface area contributed by atoms with Gasteiger partial charge in [-0.05, 0) is 48.9 Å². The second kappa shape index (κ2) is 9.04. The highest BCUT2D eigenvalue weighted by Crippen LogP contribution is 2.32. The number of fused-ring (bicyclic) bond motifs is 3. The Kier molecular flexibility index (Phi) is 6.03. The van der Waals surface area contributed by atoms with Crippen LogP contribution in [0.25, 0.3) is 21.8 Å². The van der Waals surface area contributed by atoms with Gasteiger partial charge in [0.15, 0.2) is 0 Å². The summed E-state index contributed by atoms with van der Waals surface area (Å²) in [6, 6.07) is 19.8. The largest absolute Gasteiger partial charge is 0.478 e. The zero-order chi connectivity index (χ0) is 21.8. The van der Waals surface area contributed by atoms with E-state index < -0.39 is 11.9 Å². The van der Waals surface area contributed by atoms with Crippen LogP contribution in [0.5, 0.6) is 5.75 Å². The molecule has 1 heterocycles. The van der Waals surface area contributed by atoms with Gasteiger partial charge in [-0.15, -0.1) is 0 Å². The molecule has 0 bridgehead atoms. The van der Waals surface area contributed by atoms with E-state index in [1.807, 2.05) is 24.3 Å². The molecule has 5 heteroatoms. The van der Waals surface area contributed by atoms with E-state index in [1.165, 1.54) is 54.4 Å². The summed E-state index contributed by atoms with van der Waals surface area (Å²) in [6.45, 7) is 3.12. The Morgan fingerprint density at radius 3 is 2.29 bits per heavy atom. The molecule has 0 saturated carbocycles. The van der Waals surface area contributed by atoms with Gasteiger partial charge in [0.1, 0.15) is 5.75 Å². The smallest absolute Gasteiger partial charge is 0.343 e. The van der Waals surface area contributed by atoms with Crippen LogP contribution in [0.2, 0.25) is 0 Å². The minimum absolute atomic E-state index is 0.130. The summed E-state index contributed by atoms with van der Waals surface area (Å²) in [7, 11) is 0. The Balaban J connectivity index is 1.64. The molecule has 0 unspecified atom stereocenters. The van der Waals surface area contributed by atoms with Crippen LogP contribution in [0.3, 0.4) is 0 Å². The van der Waals surface area contributed by atoms with Gasteiger partial charge < -0.3 is 14.4 Å². The zero-order valence-electron chi connectivity index (χ0n) is 17.5. The van der Waals surface area contributed by atoms with Crippen LogP contribution >= 0.6 is 0 Å². The van der Waals surface area contributed by atoms with E-state index in [0.717, 1.165) is 23.9 Å². The molecule has 3 aromatic carbocycles. The first-order valence-corrected chi connectivity index (χ1v) is 10.6. The van der Waals surface area contributed by atoms with E-state index in [-0.39, 0.29) is 5.56 Å². The van der Waals surface area contributed by atoms with Crippen LogP contribution in [0.1, 0.15) is 53.3 Å². The van der Waals surface area contributed by atoms with E-state index in [4.69, 9.17) is 9.84 Å². The quantitative estimate of drug-likeness (QED) is 0.208. The fraction of sp³-hybridized carbons (Fsp3) is 0.231. The summed E-state index contributed by atoms with van der Waals surface area (Å²) in [6.07, 6.45) is 4.70. The number of para-hydroxylation sites is 1. The molecule has 0 saturated heterocycles. The molecule has 0 fully saturated rings. The van der Waals surface area contributed by atoms with Crippen LogP contribution in [-0.4, -0.2) is 21.6 Å². The average Bonchev–Trinajstić information content (AvgIpc) is 3.10. The number of carboxylic acid groups (broad SMARTS) is 1. The Hall–Kier alpha value is -3.60. The number of carbonyl (C=O) groups is 2. The normalized spacial score (nSPS) is 11.1. The number of benzene rings is 3. The van der Waals surface area contributed by atoms with Crippen LogP contribution in [-0.2, 0) is 6.54 Å². The number of aromatic nitrogens is 1. The Morgan fingerprint density at radius 2 is 1.55 bits per heavy atom. The second-order valence-electron chi connectivity index (χ2n) is 7.68. The lowest BCUT2D eigenvalue weighted by Crippen LogP contribution is -2.09. The maximum atomic E-state index is 12.6. The maximum Gasteiger partial charge on any atom is 0.343 e. The van der Waals surface area contributed by atoms with Crippen molar-refractivity contribution in [1.82, 2.24) is 4.57 Å². The lowest BCUT2D eigenvalue weighted by Gasteiger charge is -2.09. The summed E-state index contributed by atoms with van der Waals surface area (Å²) in [5.74, 6) is -1.07. The highest BCUT2D eigenvalue weighted by molar-refractivity contribution is 6.08. The number of carbonyl (C=O) groups excluding carboxylic acids is 1. The highest BCUT2D eigenvalue weighted by Gasteiger charge is 2.14. The summed E-state index contributed by atoms with van der Waals surface area (Å²) in [5.41, 5.74) is 2.67. The molecular formula is C26H25NO4. The number of hydrogen-bond acceptors (Lipinski definition) is 3. The van der Waals surface area contributed by atoms with E-state index >= 15 is 0 Å². The summed E-state index contributed by atoms with van der Waals surface area (Å²) in [5, 5.41) is 11.3. The van der Waals surface area contributed by atoms with Crippen molar-refractivity contribution in [3.8, 4) is 5.75 Å². The maximum absolute atomic E-state index is 12.6. The van der Waals surface area contributed by atoms with Gasteiger partial charge in [-0.25, -0.2) is 9.59 Å². The molecule has 1 aromatic heterocycles. The first kappa shape index (κ1) is 20.7. The second-order valence-corrected chi connectivity index (χ2v) is 7.68. The third-order valence-corrected chi connectivity index (χ3v) is 5.56. The number of ether oxygens (including phenoxy) is 1. The van der Waals surface area contributed by atoms with Crippen LogP contribution < -0.4 is 4.74 Å². The van der Waals surface area contributed by atoms with Gasteiger partial charge in [0, 0.05) is 28.9 Å². The molecule has 5 nitrogen and oxygen atoms in total. The van der Waals surface area contributed by atoms with E-state index in [0.29, 0.717) is 11.3 Å². The molecule has 0 spiro atoms. The van der Waals surface area contributed by atoms with Crippen molar-refractivity contribution in [2.75, 3.05) is 0 Å². The standard InChI is InChI=1S/C26H25NO4/c1-2-3-4-7-16-27-23-9-6-5-8-21(23)22-15-14-20(17-24(22)27)31-26(30)19-12-10-18(11-13-19)25(28)29/h5-6,8-15,17H,2-4,7,16H2,1H3,(H,28,29). The van der Waals surface area contributed by atoms with Crippen molar-refractivity contribution in [1.29, 1.82) is 0 Å². The molecule has 0 aliphatic carbocycles. The highest BCUT2D eigenvalue weighted by atomic mass is 16.5. The lowest BCUT2D eigenvalue weighted by atomic mass is 10.1. The predicted octanol–water partition coefficient (Wildman–Crippen LogP) is 6.29. The van der Waals surface area contributed by atoms with Gasteiger partial charge in [0.2, 0.25) is 0 Å². The average molecular weight is 415 g/mol. The number of aromatic carboxylic acids is 1. The van der Waals surface area contributed by atoms with Crippen LogP contribution in [0.4, 0.5) is 0 Å². The number of esters is 1. The third-order valence-electron chi connectivity index (χ3n) is 5.56. The zero-order valence-corrected chi connectivity index (χ0v) is 17.5. The number of nitrogens with zero attached hydrogens (tertiary/aromatic N) is 1. The van der Waals surface area contributed by atoms with Crippen molar-refractivity contribution in [2.24, 2.45) is 0 Å². The van der Waals surface area contributed by atoms with Crippen LogP contribution in [0.15, 0.2) is 66.7 Å². The Bertz CT molecular complexity index is 1240. The summed E-state index contributed by atoms with van der Waals surface area (Å²) < 4.78 is 7.91. The first-order chi connectivity index (χ1) is 15.1. The number of carboxylic acids is 1. The minimum Gasteiger partial charge on any atom is -0.478 e. The fourth-order valence-electron chi connectivity index (χ4n) is 3.94. The van der Waals surface area contributed by atoms with Crippen molar-refractivity contribution < 1.29 is 19.4 Å². The van der Waals surface area contributed by atoms with Crippen molar-refractivity contribution in [3.05, 3.63) is 77.9 Å². The summed E-state index contributed by atoms with van der Waals surface area (Å²) >= 11 is 0. The molecule has 4 rings (SSSR count). The van der Waals surface area contributed by atoms with E-state index in [1.54, 1.807) is 6.07 Å². The summed E-state index contributed by atoms with van der Waals surface area (Å²) in [4.78, 5) is 23.6. The molecule has 0 radical (unpaired) electrons. The van der Waals surface area contributed by atoms with Crippen molar-refractivity contribution >= 4 is 33.7 Å². The molecule has 4 aromatic rings. The van der Waals surface area contributed by atoms with Gasteiger partial charge in [-0.3, -0.25) is 0 Å². The lowest BCUT2D eigenvalue weighted by molar-refractivity contribution is 0.0691. The SMILES string of the molecule is CCCCCCn1c2ccccc2c2ccc(OC(=O)c3ccc(C(=O)O)cc3)cc21. The molecule has 1 N–H and O–H groups in total. The Morgan fingerprint density at radius 1 is 0.839 bits per heavy atom. The van der Waals surface area contributed by atoms with Gasteiger partial charge in [-0.1, -0.05) is 44.4 Å². The molecular weight excluding hydrogens is 390 g/mol. The first-order valence-electron chi connectivity index (χ1n) is 10.6. The predicted molar refractivity (Wildman–Crippen MR) is 122 cm³/mol. The van der Waals surface area contributed by atoms with Gasteiger partial charge in [0.05, 0.1) is 16.6 Å². The number of aryl methyl sites for hydroxylation is 1. The van der Waals surface area contributed by atoms with E-state index in [2.05, 4.69) is 23.6 Å². The van der Waals surface area contributed by atoms with E-state index in [9.17, 15) is 9.59 Å². The monoisotopic (exact) mass is 415 g/mol. The van der Waals surface area contributed by atoms with Gasteiger partial charge in [0.25, 0.3) is 0 Å². The molecule has 0 atom stereocenters. The van der Waals surface area contributed by atoms with Crippen molar-refractivity contribution in [3.63, 3.8) is 0 Å². The molecule has 158 valence electrons. The minimum atomic E-state index is -1.03. The fourth-order valence-corrected chi connectivity index (χ4v) is 3.94. The number of rotatable bonds is 8. The molecule has 0 aliphatic rings. The van der Waals surface area contributed by atoms with Gasteiger partial charge >= 0.3 is 11.9 Å². The number of unbranched alkanes of at least 4 members (excludes halogenated alkanes) is 3.